The molecule has 1 aliphatic rings. The molecular formula is C12H22O3. The second kappa shape index (κ2) is 9.56. The minimum Gasteiger partial charge on any atom is -0.450 e. The van der Waals surface area contributed by atoms with Crippen LogP contribution >= 0.6 is 0 Å². The molecule has 88 valence electrons. The fourth-order valence-corrected chi connectivity index (χ4v) is 2.03. The van der Waals surface area contributed by atoms with Gasteiger partial charge in [0.25, 0.3) is 0 Å². The van der Waals surface area contributed by atoms with Crippen molar-refractivity contribution < 1.29 is 15.0 Å². The molecular weight excluding hydrogens is 192 g/mol. The van der Waals surface area contributed by atoms with Crippen molar-refractivity contribution in [3.8, 4) is 0 Å². The van der Waals surface area contributed by atoms with Crippen LogP contribution in [0.25, 0.3) is 0 Å². The van der Waals surface area contributed by atoms with E-state index >= 15 is 0 Å². The summed E-state index contributed by atoms with van der Waals surface area (Å²) in [5.41, 5.74) is 0. The van der Waals surface area contributed by atoms with Crippen LogP contribution in [-0.4, -0.2) is 16.4 Å². The number of unbranched alkanes of at least 4 members (excludes halogenated alkanes) is 1. The van der Waals surface area contributed by atoms with Crippen LogP contribution in [0.4, 0.5) is 4.79 Å². The highest BCUT2D eigenvalue weighted by Crippen LogP contribution is 2.27. The Labute approximate surface area is 91.8 Å². The summed E-state index contributed by atoms with van der Waals surface area (Å²) in [4.78, 5) is 8.56. The zero-order valence-electron chi connectivity index (χ0n) is 9.32. The van der Waals surface area contributed by atoms with Crippen molar-refractivity contribution in [2.24, 2.45) is 5.92 Å². The number of allylic oxidation sites excluding steroid dienone is 1. The van der Waals surface area contributed by atoms with Gasteiger partial charge in [-0.05, 0) is 18.8 Å². The first-order valence-electron chi connectivity index (χ1n) is 5.69. The lowest BCUT2D eigenvalue weighted by molar-refractivity contribution is 0.137. The highest BCUT2D eigenvalue weighted by atomic mass is 16.6. The van der Waals surface area contributed by atoms with Crippen LogP contribution in [0.1, 0.15) is 51.4 Å². The summed E-state index contributed by atoms with van der Waals surface area (Å²) >= 11 is 0. The van der Waals surface area contributed by atoms with Crippen molar-refractivity contribution in [2.45, 2.75) is 51.4 Å². The molecule has 0 spiro atoms. The molecule has 0 aliphatic heterocycles. The van der Waals surface area contributed by atoms with Crippen molar-refractivity contribution in [1.82, 2.24) is 0 Å². The van der Waals surface area contributed by atoms with Crippen molar-refractivity contribution in [1.29, 1.82) is 0 Å². The monoisotopic (exact) mass is 214 g/mol. The largest absolute Gasteiger partial charge is 0.503 e. The number of carbonyl (C=O) groups is 1. The molecule has 0 aromatic carbocycles. The molecule has 0 atom stereocenters. The van der Waals surface area contributed by atoms with Gasteiger partial charge in [-0.1, -0.05) is 44.6 Å². The van der Waals surface area contributed by atoms with E-state index in [2.05, 4.69) is 6.58 Å². The van der Waals surface area contributed by atoms with E-state index in [1.807, 2.05) is 6.08 Å². The fourth-order valence-electron chi connectivity index (χ4n) is 2.03. The molecule has 0 aromatic heterocycles. The first-order chi connectivity index (χ1) is 7.16. The third-order valence-electron chi connectivity index (χ3n) is 2.75. The molecule has 3 heteroatoms. The SMILES string of the molecule is C=CCCCC1CCCCC1.O=C(O)O. The zero-order chi connectivity index (χ0) is 11.5. The average molecular weight is 214 g/mol. The third kappa shape index (κ3) is 10.9. The molecule has 0 aromatic rings. The number of hydrogen-bond acceptors (Lipinski definition) is 1. The summed E-state index contributed by atoms with van der Waals surface area (Å²) in [5, 5.41) is 13.9. The van der Waals surface area contributed by atoms with Gasteiger partial charge in [0, 0.05) is 0 Å². The molecule has 0 unspecified atom stereocenters. The van der Waals surface area contributed by atoms with Crippen LogP contribution in [0.3, 0.4) is 0 Å². The maximum absolute atomic E-state index is 8.56. The smallest absolute Gasteiger partial charge is 0.450 e. The Bertz CT molecular complexity index is 168. The van der Waals surface area contributed by atoms with E-state index in [0.717, 1.165) is 5.92 Å². The van der Waals surface area contributed by atoms with Gasteiger partial charge in [0.15, 0.2) is 0 Å². The lowest BCUT2D eigenvalue weighted by atomic mass is 9.86. The Morgan fingerprint density at radius 3 is 2.27 bits per heavy atom. The van der Waals surface area contributed by atoms with Gasteiger partial charge in [-0.25, -0.2) is 4.79 Å². The van der Waals surface area contributed by atoms with E-state index in [9.17, 15) is 0 Å². The number of rotatable bonds is 4. The van der Waals surface area contributed by atoms with E-state index < -0.39 is 6.16 Å². The molecule has 0 bridgehead atoms. The second-order valence-electron chi connectivity index (χ2n) is 4.01. The Hall–Kier alpha value is -0.990. The van der Waals surface area contributed by atoms with E-state index in [1.165, 1.54) is 51.4 Å². The lowest BCUT2D eigenvalue weighted by Gasteiger charge is -2.20. The highest BCUT2D eigenvalue weighted by Gasteiger charge is 2.11. The molecule has 0 heterocycles. The first-order valence-corrected chi connectivity index (χ1v) is 5.69. The summed E-state index contributed by atoms with van der Waals surface area (Å²) in [6.07, 6.45) is 11.7. The lowest BCUT2D eigenvalue weighted by Crippen LogP contribution is -2.05. The van der Waals surface area contributed by atoms with Crippen molar-refractivity contribution >= 4 is 6.16 Å². The molecule has 0 amide bonds. The van der Waals surface area contributed by atoms with Gasteiger partial charge >= 0.3 is 6.16 Å². The Morgan fingerprint density at radius 2 is 1.80 bits per heavy atom. The van der Waals surface area contributed by atoms with Crippen LogP contribution in [0.15, 0.2) is 12.7 Å². The number of carboxylic acid groups (broad SMARTS) is 2. The highest BCUT2D eigenvalue weighted by molar-refractivity contribution is 5.53. The van der Waals surface area contributed by atoms with E-state index in [1.54, 1.807) is 0 Å². The van der Waals surface area contributed by atoms with E-state index in [4.69, 9.17) is 15.0 Å². The first kappa shape index (κ1) is 14.0. The molecule has 15 heavy (non-hydrogen) atoms. The Balaban J connectivity index is 0.000000423. The Kier molecular flexibility index (Phi) is 8.93. The third-order valence-corrected chi connectivity index (χ3v) is 2.75. The summed E-state index contributed by atoms with van der Waals surface area (Å²) in [6.45, 7) is 3.74. The predicted molar refractivity (Wildman–Crippen MR) is 61.3 cm³/mol. The summed E-state index contributed by atoms with van der Waals surface area (Å²) in [6, 6.07) is 0. The quantitative estimate of drug-likeness (QED) is 0.546. The average Bonchev–Trinajstić information content (AvgIpc) is 2.19. The van der Waals surface area contributed by atoms with Crippen molar-refractivity contribution in [3.63, 3.8) is 0 Å². The summed E-state index contributed by atoms with van der Waals surface area (Å²) in [7, 11) is 0. The van der Waals surface area contributed by atoms with Crippen molar-refractivity contribution in [3.05, 3.63) is 12.7 Å². The Morgan fingerprint density at radius 1 is 1.27 bits per heavy atom. The van der Waals surface area contributed by atoms with E-state index in [0.29, 0.717) is 0 Å². The van der Waals surface area contributed by atoms with E-state index in [-0.39, 0.29) is 0 Å². The molecule has 0 radical (unpaired) electrons. The molecule has 1 fully saturated rings. The van der Waals surface area contributed by atoms with Crippen LogP contribution in [0.2, 0.25) is 0 Å². The van der Waals surface area contributed by atoms with Gasteiger partial charge < -0.3 is 10.2 Å². The fraction of sp³-hybridized carbons (Fsp3) is 0.750. The second-order valence-corrected chi connectivity index (χ2v) is 4.01. The zero-order valence-corrected chi connectivity index (χ0v) is 9.32. The molecule has 2 N–H and O–H groups in total. The van der Waals surface area contributed by atoms with Crippen LogP contribution in [0, 0.1) is 5.92 Å². The predicted octanol–water partition coefficient (Wildman–Crippen LogP) is 4.15. The van der Waals surface area contributed by atoms with Crippen LogP contribution in [0.5, 0.6) is 0 Å². The summed E-state index contributed by atoms with van der Waals surface area (Å²) < 4.78 is 0. The van der Waals surface area contributed by atoms with Gasteiger partial charge in [-0.2, -0.15) is 0 Å². The number of hydrogen-bond donors (Lipinski definition) is 2. The standard InChI is InChI=1S/C11H20.CH2O3/c1-2-3-5-8-11-9-6-4-7-10-11;2-1(3)4/h2,11H,1,3-10H2;(H2,2,3,4). The maximum Gasteiger partial charge on any atom is 0.503 e. The molecule has 1 aliphatic carbocycles. The van der Waals surface area contributed by atoms with Crippen molar-refractivity contribution in [2.75, 3.05) is 0 Å². The van der Waals surface area contributed by atoms with Gasteiger partial charge in [-0.3, -0.25) is 0 Å². The maximum atomic E-state index is 8.56. The van der Waals surface area contributed by atoms with Gasteiger partial charge in [0.2, 0.25) is 0 Å². The summed E-state index contributed by atoms with van der Waals surface area (Å²) in [5.74, 6) is 1.06. The van der Waals surface area contributed by atoms with Gasteiger partial charge in [0.1, 0.15) is 0 Å². The molecule has 3 nitrogen and oxygen atoms in total. The normalized spacial score (nSPS) is 16.3. The minimum atomic E-state index is -1.83. The topological polar surface area (TPSA) is 57.5 Å². The molecule has 1 rings (SSSR count). The molecule has 1 saturated carbocycles. The molecule has 0 saturated heterocycles. The minimum absolute atomic E-state index is 1.06. The van der Waals surface area contributed by atoms with Gasteiger partial charge in [0.05, 0.1) is 0 Å². The van der Waals surface area contributed by atoms with Crippen LogP contribution < -0.4 is 0 Å². The van der Waals surface area contributed by atoms with Crippen LogP contribution in [-0.2, 0) is 0 Å². The van der Waals surface area contributed by atoms with Gasteiger partial charge in [-0.15, -0.1) is 6.58 Å².